The number of ether oxygens (including phenoxy) is 2. The molecule has 166 valence electrons. The Morgan fingerprint density at radius 3 is 2.26 bits per heavy atom. The average molecular weight is 444 g/mol. The summed E-state index contributed by atoms with van der Waals surface area (Å²) in [4.78, 5) is 35.9. The number of amides is 1. The first-order valence-electron chi connectivity index (χ1n) is 10.0. The first-order valence-corrected chi connectivity index (χ1v) is 11.0. The second-order valence-electron chi connectivity index (χ2n) is 8.19. The van der Waals surface area contributed by atoms with Crippen LogP contribution in [0, 0.1) is 6.92 Å². The molecule has 1 atom stereocenters. The van der Waals surface area contributed by atoms with Crippen molar-refractivity contribution in [1.82, 2.24) is 5.32 Å². The number of rotatable bonds is 7. The van der Waals surface area contributed by atoms with E-state index in [1.54, 1.807) is 45.0 Å². The number of nitrogens with one attached hydrogen (secondary N) is 1. The van der Waals surface area contributed by atoms with Crippen molar-refractivity contribution in [3.8, 4) is 5.75 Å². The van der Waals surface area contributed by atoms with Crippen molar-refractivity contribution in [2.45, 2.75) is 52.7 Å². The highest BCUT2D eigenvalue weighted by Gasteiger charge is 2.19. The lowest BCUT2D eigenvalue weighted by Gasteiger charge is -2.20. The topological polar surface area (TPSA) is 81.7 Å². The molecule has 1 unspecified atom stereocenters. The third-order valence-electron chi connectivity index (χ3n) is 4.24. The first kappa shape index (κ1) is 24.5. The van der Waals surface area contributed by atoms with Crippen LogP contribution < -0.4 is 10.1 Å². The summed E-state index contributed by atoms with van der Waals surface area (Å²) in [7, 11) is 0. The van der Waals surface area contributed by atoms with E-state index in [1.807, 2.05) is 31.2 Å². The Kier molecular flexibility index (Phi) is 8.68. The number of hydrogen-bond acceptors (Lipinski definition) is 6. The lowest BCUT2D eigenvalue weighted by Crippen LogP contribution is -2.40. The van der Waals surface area contributed by atoms with Crippen molar-refractivity contribution in [2.24, 2.45) is 0 Å². The lowest BCUT2D eigenvalue weighted by atomic mass is 10.0. The lowest BCUT2D eigenvalue weighted by molar-refractivity contribution is -0.109. The van der Waals surface area contributed by atoms with Crippen molar-refractivity contribution in [3.63, 3.8) is 0 Å². The van der Waals surface area contributed by atoms with Crippen LogP contribution in [0.4, 0.5) is 4.79 Å². The van der Waals surface area contributed by atoms with Crippen molar-refractivity contribution >= 4 is 28.9 Å². The zero-order valence-corrected chi connectivity index (χ0v) is 19.4. The van der Waals surface area contributed by atoms with Gasteiger partial charge in [-0.05, 0) is 69.5 Å². The fourth-order valence-electron chi connectivity index (χ4n) is 2.77. The van der Waals surface area contributed by atoms with Crippen LogP contribution >= 0.6 is 11.8 Å². The number of benzene rings is 2. The van der Waals surface area contributed by atoms with Gasteiger partial charge in [0, 0.05) is 18.7 Å². The van der Waals surface area contributed by atoms with Gasteiger partial charge in [0.2, 0.25) is 0 Å². The highest BCUT2D eigenvalue weighted by molar-refractivity contribution is 8.13. The third-order valence-corrected chi connectivity index (χ3v) is 5.21. The van der Waals surface area contributed by atoms with E-state index in [2.05, 4.69) is 5.32 Å². The Morgan fingerprint density at radius 1 is 1.03 bits per heavy atom. The molecule has 0 fully saturated rings. The van der Waals surface area contributed by atoms with Gasteiger partial charge in [-0.3, -0.25) is 4.79 Å². The maximum Gasteiger partial charge on any atom is 0.412 e. The quantitative estimate of drug-likeness (QED) is 0.611. The van der Waals surface area contributed by atoms with Crippen LogP contribution in [0.1, 0.15) is 49.2 Å². The molecule has 2 aromatic rings. The van der Waals surface area contributed by atoms with Gasteiger partial charge in [-0.2, -0.15) is 0 Å². The van der Waals surface area contributed by atoms with Crippen LogP contribution in [0.2, 0.25) is 0 Å². The summed E-state index contributed by atoms with van der Waals surface area (Å²) >= 11 is 1.16. The van der Waals surface area contributed by atoms with Gasteiger partial charge >= 0.3 is 12.1 Å². The summed E-state index contributed by atoms with van der Waals surface area (Å²) in [6.07, 6.45) is -0.0348. The molecule has 0 aliphatic heterocycles. The van der Waals surface area contributed by atoms with Crippen LogP contribution in [-0.4, -0.2) is 34.6 Å². The second kappa shape index (κ2) is 11.0. The van der Waals surface area contributed by atoms with Gasteiger partial charge in [-0.15, -0.1) is 0 Å². The molecule has 31 heavy (non-hydrogen) atoms. The molecule has 6 nitrogen and oxygen atoms in total. The molecule has 0 saturated heterocycles. The van der Waals surface area contributed by atoms with Gasteiger partial charge in [0.25, 0.3) is 0 Å². The Hall–Kier alpha value is -2.80. The van der Waals surface area contributed by atoms with Crippen molar-refractivity contribution in [1.29, 1.82) is 0 Å². The number of carbonyl (C=O) groups excluding carboxylic acids is 3. The number of thioether (sulfide) groups is 1. The minimum Gasteiger partial charge on any atom is -0.456 e. The molecule has 0 bridgehead atoms. The molecule has 0 radical (unpaired) electrons. The Morgan fingerprint density at radius 2 is 1.68 bits per heavy atom. The summed E-state index contributed by atoms with van der Waals surface area (Å²) in [6, 6.07) is 13.8. The van der Waals surface area contributed by atoms with E-state index in [1.165, 1.54) is 6.92 Å². The van der Waals surface area contributed by atoms with Gasteiger partial charge in [-0.25, -0.2) is 9.59 Å². The summed E-state index contributed by atoms with van der Waals surface area (Å²) in [5.41, 5.74) is 2.00. The zero-order chi connectivity index (χ0) is 23.0. The Bertz CT molecular complexity index is 918. The minimum atomic E-state index is -0.618. The van der Waals surface area contributed by atoms with Gasteiger partial charge < -0.3 is 14.8 Å². The molecule has 0 spiro atoms. The summed E-state index contributed by atoms with van der Waals surface area (Å²) < 4.78 is 10.7. The Balaban J connectivity index is 2.00. The van der Waals surface area contributed by atoms with Crippen LogP contribution in [0.5, 0.6) is 5.75 Å². The molecule has 2 aromatic carbocycles. The second-order valence-corrected chi connectivity index (χ2v) is 9.39. The third kappa shape index (κ3) is 8.84. The van der Waals surface area contributed by atoms with E-state index in [0.717, 1.165) is 22.9 Å². The van der Waals surface area contributed by atoms with Crippen molar-refractivity contribution in [2.75, 3.05) is 5.75 Å². The van der Waals surface area contributed by atoms with Gasteiger partial charge in [-0.1, -0.05) is 36.0 Å². The van der Waals surface area contributed by atoms with Crippen LogP contribution in [0.25, 0.3) is 0 Å². The van der Waals surface area contributed by atoms with Crippen LogP contribution in [0.15, 0.2) is 48.5 Å². The Labute approximate surface area is 187 Å². The zero-order valence-electron chi connectivity index (χ0n) is 18.6. The van der Waals surface area contributed by atoms with Gasteiger partial charge in [0.05, 0.1) is 5.56 Å². The maximum absolute atomic E-state index is 12.4. The van der Waals surface area contributed by atoms with Gasteiger partial charge in [0.1, 0.15) is 11.4 Å². The minimum absolute atomic E-state index is 0.0114. The van der Waals surface area contributed by atoms with Crippen molar-refractivity contribution in [3.05, 3.63) is 65.2 Å². The monoisotopic (exact) mass is 443 g/mol. The molecule has 1 N–H and O–H groups in total. The fraction of sp³-hybridized carbons (Fsp3) is 0.375. The van der Waals surface area contributed by atoms with E-state index in [0.29, 0.717) is 23.5 Å². The van der Waals surface area contributed by atoms with E-state index >= 15 is 0 Å². The molecule has 1 amide bonds. The SMILES string of the molecule is CC(=O)SCC(Cc1ccccc1C)NC(=O)Oc1ccc(C(=O)OC(C)(C)C)cc1. The van der Waals surface area contributed by atoms with Crippen LogP contribution in [-0.2, 0) is 16.0 Å². The van der Waals surface area contributed by atoms with Crippen LogP contribution in [0.3, 0.4) is 0 Å². The average Bonchev–Trinajstić information content (AvgIpc) is 2.67. The maximum atomic E-state index is 12.4. The predicted molar refractivity (Wildman–Crippen MR) is 123 cm³/mol. The molecule has 0 aliphatic rings. The highest BCUT2D eigenvalue weighted by atomic mass is 32.2. The molecular weight excluding hydrogens is 414 g/mol. The van der Waals surface area contributed by atoms with E-state index in [9.17, 15) is 14.4 Å². The smallest absolute Gasteiger partial charge is 0.412 e. The standard InChI is InChI=1S/C24H29NO5S/c1-16-8-6-7-9-19(16)14-20(15-31-17(2)26)25-23(28)29-21-12-10-18(11-13-21)22(27)30-24(3,4)5/h6-13,20H,14-15H2,1-5H3,(H,25,28). The first-order chi connectivity index (χ1) is 14.5. The normalized spacial score (nSPS) is 12.0. The fourth-order valence-corrected chi connectivity index (χ4v) is 3.41. The number of esters is 1. The number of hydrogen-bond donors (Lipinski definition) is 1. The molecule has 7 heteroatoms. The highest BCUT2D eigenvalue weighted by Crippen LogP contribution is 2.17. The summed E-state index contributed by atoms with van der Waals surface area (Å²) in [5, 5.41) is 2.83. The molecule has 0 saturated carbocycles. The number of aryl methyl sites for hydroxylation is 1. The molecule has 0 heterocycles. The summed E-state index contributed by atoms with van der Waals surface area (Å²) in [6.45, 7) is 8.90. The van der Waals surface area contributed by atoms with Crippen molar-refractivity contribution < 1.29 is 23.9 Å². The van der Waals surface area contributed by atoms with Gasteiger partial charge in [0.15, 0.2) is 5.12 Å². The predicted octanol–water partition coefficient (Wildman–Crippen LogP) is 4.93. The molecular formula is C24H29NO5S. The van der Waals surface area contributed by atoms with E-state index in [-0.39, 0.29) is 11.2 Å². The van der Waals surface area contributed by atoms with E-state index < -0.39 is 17.7 Å². The van der Waals surface area contributed by atoms with E-state index in [4.69, 9.17) is 9.47 Å². The summed E-state index contributed by atoms with van der Waals surface area (Å²) in [5.74, 6) is 0.304. The molecule has 0 aromatic heterocycles. The number of carbonyl (C=O) groups is 3. The largest absolute Gasteiger partial charge is 0.456 e. The molecule has 2 rings (SSSR count). The molecule has 0 aliphatic carbocycles.